The molecule has 0 bridgehead atoms. The van der Waals surface area contributed by atoms with Gasteiger partial charge < -0.3 is 20.3 Å². The summed E-state index contributed by atoms with van der Waals surface area (Å²) in [5.74, 6) is -0.646. The van der Waals surface area contributed by atoms with E-state index in [-0.39, 0.29) is 24.9 Å². The lowest BCUT2D eigenvalue weighted by molar-refractivity contribution is -0.148. The minimum atomic E-state index is -0.824. The van der Waals surface area contributed by atoms with Gasteiger partial charge in [-0.15, -0.1) is 0 Å². The van der Waals surface area contributed by atoms with Gasteiger partial charge in [0.1, 0.15) is 6.10 Å². The van der Waals surface area contributed by atoms with E-state index in [2.05, 4.69) is 99.0 Å². The van der Waals surface area contributed by atoms with Crippen LogP contribution < -0.4 is 5.32 Å². The van der Waals surface area contributed by atoms with Crippen LogP contribution >= 0.6 is 0 Å². The quantitative estimate of drug-likeness (QED) is 0.0322. The van der Waals surface area contributed by atoms with Gasteiger partial charge in [0.25, 0.3) is 0 Å². The number of hydrogen-bond donors (Lipinski definition) is 3. The van der Waals surface area contributed by atoms with E-state index in [1.807, 2.05) is 6.08 Å². The normalized spacial score (nSPS) is 14.0. The monoisotopic (exact) mass is 864 g/mol. The van der Waals surface area contributed by atoms with Crippen LogP contribution in [0.15, 0.2) is 85.1 Å². The van der Waals surface area contributed by atoms with E-state index in [0.29, 0.717) is 19.3 Å². The summed E-state index contributed by atoms with van der Waals surface area (Å²) in [6, 6.07) is -0.748. The molecule has 62 heavy (non-hydrogen) atoms. The van der Waals surface area contributed by atoms with Crippen LogP contribution in [0, 0.1) is 0 Å². The van der Waals surface area contributed by atoms with E-state index in [9.17, 15) is 19.8 Å². The number of hydrogen-bond acceptors (Lipinski definition) is 5. The van der Waals surface area contributed by atoms with Gasteiger partial charge in [0, 0.05) is 6.42 Å². The van der Waals surface area contributed by atoms with E-state index in [0.717, 1.165) is 89.9 Å². The first-order valence-corrected chi connectivity index (χ1v) is 25.8. The Morgan fingerprint density at radius 1 is 0.500 bits per heavy atom. The topological polar surface area (TPSA) is 95.9 Å². The number of ether oxygens (including phenoxy) is 1. The van der Waals surface area contributed by atoms with Crippen LogP contribution in [0.3, 0.4) is 0 Å². The predicted molar refractivity (Wildman–Crippen MR) is 268 cm³/mol. The molecule has 0 aliphatic heterocycles. The highest BCUT2D eigenvalue weighted by molar-refractivity contribution is 5.78. The summed E-state index contributed by atoms with van der Waals surface area (Å²) in [6.07, 6.45) is 63.9. The number of allylic oxidation sites excluding steroid dienone is 13. The number of amides is 1. The highest BCUT2D eigenvalue weighted by Gasteiger charge is 2.23. The standard InChI is InChI=1S/C56H97NO5/c1-4-7-10-13-16-19-22-24-26-28-29-31-33-35-38-41-44-47-52(62-56(61)49-46-43-40-37-21-18-15-12-9-6-3)50-55(60)57-53(51-58)54(59)48-45-42-39-36-34-32-30-27-25-23-20-17-14-11-8-5-2/h7,10,12,15-16,19,24,26,29,31,35,38,44,47,52-54,58-59H,4-6,8-9,11,13-14,17-18,20-23,25,27-28,30,32-34,36-37,39-43,45-46,48-51H2,1-3H3,(H,57,60)/b10-7-,15-12-,19-16-,26-24-,31-29-,38-35-,47-44-. The number of nitrogens with one attached hydrogen (secondary N) is 1. The fourth-order valence-corrected chi connectivity index (χ4v) is 7.31. The van der Waals surface area contributed by atoms with Gasteiger partial charge in [0.2, 0.25) is 5.91 Å². The summed E-state index contributed by atoms with van der Waals surface area (Å²) in [5, 5.41) is 23.7. The van der Waals surface area contributed by atoms with Gasteiger partial charge in [-0.3, -0.25) is 9.59 Å². The maximum atomic E-state index is 13.2. The Labute approximate surface area is 383 Å². The molecule has 3 atom stereocenters. The fraction of sp³-hybridized carbons (Fsp3) is 0.714. The third-order valence-corrected chi connectivity index (χ3v) is 11.2. The lowest BCUT2D eigenvalue weighted by Crippen LogP contribution is -2.46. The molecule has 0 aromatic rings. The third kappa shape index (κ3) is 43.7. The van der Waals surface area contributed by atoms with E-state index in [4.69, 9.17) is 4.74 Å². The number of aliphatic hydroxyl groups excluding tert-OH is 2. The molecule has 3 N–H and O–H groups in total. The summed E-state index contributed by atoms with van der Waals surface area (Å²) >= 11 is 0. The smallest absolute Gasteiger partial charge is 0.306 e. The Bertz CT molecular complexity index is 1200. The summed E-state index contributed by atoms with van der Waals surface area (Å²) < 4.78 is 5.80. The zero-order valence-electron chi connectivity index (χ0n) is 40.5. The maximum absolute atomic E-state index is 13.2. The molecule has 0 aromatic heterocycles. The van der Waals surface area contributed by atoms with Crippen LogP contribution in [0.5, 0.6) is 0 Å². The van der Waals surface area contributed by atoms with Crippen LogP contribution in [-0.4, -0.2) is 46.9 Å². The average molecular weight is 864 g/mol. The number of esters is 1. The molecular weight excluding hydrogens is 767 g/mol. The van der Waals surface area contributed by atoms with Crippen molar-refractivity contribution in [2.75, 3.05) is 6.61 Å². The SMILES string of the molecule is CC/C=C\C/C=C\C/C=C\C/C=C\C/C=C\C/C=C\C(CC(=O)NC(CO)C(O)CCCCCCCCCCCCCCCCCC)OC(=O)CCCCCCC/C=C\CCC. The number of rotatable bonds is 45. The minimum absolute atomic E-state index is 0.0538. The van der Waals surface area contributed by atoms with Crippen molar-refractivity contribution >= 4 is 11.9 Å². The number of aliphatic hydroxyl groups is 2. The highest BCUT2D eigenvalue weighted by atomic mass is 16.5. The van der Waals surface area contributed by atoms with Crippen molar-refractivity contribution in [3.05, 3.63) is 85.1 Å². The van der Waals surface area contributed by atoms with Crippen LogP contribution in [0.25, 0.3) is 0 Å². The lowest BCUT2D eigenvalue weighted by atomic mass is 10.0. The van der Waals surface area contributed by atoms with Crippen molar-refractivity contribution in [2.24, 2.45) is 0 Å². The Hall–Kier alpha value is -2.96. The Kier molecular flexibility index (Phi) is 46.7. The molecule has 6 nitrogen and oxygen atoms in total. The third-order valence-electron chi connectivity index (χ3n) is 11.2. The number of unbranched alkanes of at least 4 members (excludes halogenated alkanes) is 21. The molecule has 0 aromatic carbocycles. The van der Waals surface area contributed by atoms with Crippen molar-refractivity contribution < 1.29 is 24.5 Å². The second-order valence-electron chi connectivity index (χ2n) is 17.2. The first-order valence-electron chi connectivity index (χ1n) is 25.8. The van der Waals surface area contributed by atoms with Gasteiger partial charge in [0.15, 0.2) is 0 Å². The summed E-state index contributed by atoms with van der Waals surface area (Å²) in [7, 11) is 0. The van der Waals surface area contributed by atoms with Crippen LogP contribution in [0.4, 0.5) is 0 Å². The fourth-order valence-electron chi connectivity index (χ4n) is 7.31. The molecule has 0 radical (unpaired) electrons. The van der Waals surface area contributed by atoms with E-state index < -0.39 is 18.2 Å². The Morgan fingerprint density at radius 2 is 0.935 bits per heavy atom. The van der Waals surface area contributed by atoms with Gasteiger partial charge in [-0.1, -0.05) is 228 Å². The van der Waals surface area contributed by atoms with Gasteiger partial charge in [0.05, 0.1) is 25.2 Å². The first-order chi connectivity index (χ1) is 30.5. The molecule has 0 aliphatic carbocycles. The maximum Gasteiger partial charge on any atom is 0.306 e. The molecule has 1 amide bonds. The van der Waals surface area contributed by atoms with Crippen LogP contribution in [0.1, 0.15) is 233 Å². The molecule has 0 saturated carbocycles. The van der Waals surface area contributed by atoms with E-state index >= 15 is 0 Å². The summed E-state index contributed by atoms with van der Waals surface area (Å²) in [6.45, 7) is 6.27. The molecule has 0 fully saturated rings. The van der Waals surface area contributed by atoms with Gasteiger partial charge in [-0.25, -0.2) is 0 Å². The molecule has 356 valence electrons. The van der Waals surface area contributed by atoms with E-state index in [1.54, 1.807) is 6.08 Å². The summed E-state index contributed by atoms with van der Waals surface area (Å²) in [5.41, 5.74) is 0. The average Bonchev–Trinajstić information content (AvgIpc) is 3.26. The van der Waals surface area contributed by atoms with Gasteiger partial charge >= 0.3 is 5.97 Å². The largest absolute Gasteiger partial charge is 0.458 e. The second-order valence-corrected chi connectivity index (χ2v) is 17.2. The number of carbonyl (C=O) groups excluding carboxylic acids is 2. The molecule has 3 unspecified atom stereocenters. The van der Waals surface area contributed by atoms with Gasteiger partial charge in [-0.05, 0) is 76.7 Å². The van der Waals surface area contributed by atoms with Crippen LogP contribution in [-0.2, 0) is 14.3 Å². The first kappa shape index (κ1) is 59.0. The van der Waals surface area contributed by atoms with Crippen molar-refractivity contribution in [1.29, 1.82) is 0 Å². The lowest BCUT2D eigenvalue weighted by Gasteiger charge is -2.23. The minimum Gasteiger partial charge on any atom is -0.458 e. The molecule has 0 spiro atoms. The van der Waals surface area contributed by atoms with Crippen LogP contribution in [0.2, 0.25) is 0 Å². The van der Waals surface area contributed by atoms with Crippen molar-refractivity contribution in [1.82, 2.24) is 5.32 Å². The predicted octanol–water partition coefficient (Wildman–Crippen LogP) is 15.6. The molecular formula is C56H97NO5. The molecule has 6 heteroatoms. The summed E-state index contributed by atoms with van der Waals surface area (Å²) in [4.78, 5) is 26.0. The zero-order chi connectivity index (χ0) is 45.2. The molecule has 0 heterocycles. The van der Waals surface area contributed by atoms with Crippen molar-refractivity contribution in [2.45, 2.75) is 251 Å². The van der Waals surface area contributed by atoms with Gasteiger partial charge in [-0.2, -0.15) is 0 Å². The Balaban J connectivity index is 4.71. The zero-order valence-corrected chi connectivity index (χ0v) is 40.5. The second kappa shape index (κ2) is 49.1. The Morgan fingerprint density at radius 3 is 1.42 bits per heavy atom. The molecule has 0 saturated heterocycles. The van der Waals surface area contributed by atoms with E-state index in [1.165, 1.54) is 96.3 Å². The van der Waals surface area contributed by atoms with Crippen molar-refractivity contribution in [3.8, 4) is 0 Å². The molecule has 0 aliphatic rings. The van der Waals surface area contributed by atoms with Crippen molar-refractivity contribution in [3.63, 3.8) is 0 Å². The molecule has 0 rings (SSSR count). The number of carbonyl (C=O) groups is 2. The highest BCUT2D eigenvalue weighted by Crippen LogP contribution is 2.16.